The lowest BCUT2D eigenvalue weighted by atomic mass is 10.1. The first kappa shape index (κ1) is 15.2. The quantitative estimate of drug-likeness (QED) is 0.481. The molecule has 0 aromatic heterocycles. The molecule has 0 aliphatic carbocycles. The van der Waals surface area contributed by atoms with Crippen LogP contribution in [0.5, 0.6) is 5.75 Å². The second-order valence-electron chi connectivity index (χ2n) is 4.78. The third kappa shape index (κ3) is 3.90. The molecule has 5 heteroatoms. The van der Waals surface area contributed by atoms with Gasteiger partial charge in [-0.15, -0.1) is 11.8 Å². The fourth-order valence-electron chi connectivity index (χ4n) is 2.29. The lowest BCUT2D eigenvalue weighted by molar-refractivity contribution is -0.0111. The maximum Gasteiger partial charge on any atom is 0.131 e. The van der Waals surface area contributed by atoms with E-state index in [0.717, 1.165) is 30.1 Å². The number of hydrogen-bond acceptors (Lipinski definition) is 4. The number of nitrogens with one attached hydrogen (secondary N) is 1. The number of nitrogen functional groups attached to an aromatic ring is 1. The molecular formula is C15H22N2O2S. The van der Waals surface area contributed by atoms with E-state index >= 15 is 0 Å². The highest BCUT2D eigenvalue weighted by atomic mass is 32.2. The summed E-state index contributed by atoms with van der Waals surface area (Å²) in [5.41, 5.74) is 6.42. The van der Waals surface area contributed by atoms with Crippen molar-refractivity contribution in [2.24, 2.45) is 5.73 Å². The van der Waals surface area contributed by atoms with E-state index in [9.17, 15) is 0 Å². The molecule has 20 heavy (non-hydrogen) atoms. The highest BCUT2D eigenvalue weighted by Gasteiger charge is 2.17. The third-order valence-corrected chi connectivity index (χ3v) is 4.20. The summed E-state index contributed by atoms with van der Waals surface area (Å²) in [5, 5.41) is 7.77. The summed E-state index contributed by atoms with van der Waals surface area (Å²) in [6, 6.07) is 5.80. The van der Waals surface area contributed by atoms with Crippen molar-refractivity contribution in [1.82, 2.24) is 0 Å². The summed E-state index contributed by atoms with van der Waals surface area (Å²) in [6.45, 7) is 3.43. The van der Waals surface area contributed by atoms with Gasteiger partial charge in [0.15, 0.2) is 0 Å². The van der Waals surface area contributed by atoms with Gasteiger partial charge >= 0.3 is 0 Å². The summed E-state index contributed by atoms with van der Waals surface area (Å²) in [4.78, 5) is 1.00. The summed E-state index contributed by atoms with van der Waals surface area (Å²) in [5.74, 6) is 1.68. The van der Waals surface area contributed by atoms with Crippen molar-refractivity contribution in [2.45, 2.75) is 37.2 Å². The normalized spacial score (nSPS) is 18.8. The molecule has 0 amide bonds. The zero-order valence-electron chi connectivity index (χ0n) is 11.9. The lowest BCUT2D eigenvalue weighted by Crippen LogP contribution is -2.26. The van der Waals surface area contributed by atoms with E-state index in [4.69, 9.17) is 20.6 Å². The van der Waals surface area contributed by atoms with Gasteiger partial charge in [0.25, 0.3) is 0 Å². The van der Waals surface area contributed by atoms with Gasteiger partial charge in [0.2, 0.25) is 0 Å². The zero-order valence-corrected chi connectivity index (χ0v) is 12.7. The molecule has 1 unspecified atom stereocenters. The van der Waals surface area contributed by atoms with Gasteiger partial charge in [0.1, 0.15) is 18.2 Å². The van der Waals surface area contributed by atoms with Gasteiger partial charge in [-0.25, -0.2) is 0 Å². The van der Waals surface area contributed by atoms with Gasteiger partial charge in [-0.05, 0) is 37.1 Å². The van der Waals surface area contributed by atoms with E-state index in [1.54, 1.807) is 11.8 Å². The molecule has 1 fully saturated rings. The molecule has 0 spiro atoms. The van der Waals surface area contributed by atoms with Crippen LogP contribution < -0.4 is 10.5 Å². The standard InChI is InChI=1S/C15H22N2O2S/c1-2-20-13-8-5-7-12(14(13)15(16)17)19-10-11-6-3-4-9-18-11/h5,7-8,11H,2-4,6,9-10H2,1H3,(H3,16,17). The molecule has 110 valence electrons. The lowest BCUT2D eigenvalue weighted by Gasteiger charge is -2.23. The molecule has 1 aliphatic rings. The van der Waals surface area contributed by atoms with Crippen LogP contribution >= 0.6 is 11.8 Å². The highest BCUT2D eigenvalue weighted by Crippen LogP contribution is 2.30. The molecule has 1 aliphatic heterocycles. The van der Waals surface area contributed by atoms with Crippen LogP contribution in [0.15, 0.2) is 23.1 Å². The van der Waals surface area contributed by atoms with E-state index in [2.05, 4.69) is 6.92 Å². The van der Waals surface area contributed by atoms with Crippen molar-refractivity contribution in [2.75, 3.05) is 19.0 Å². The summed E-state index contributed by atoms with van der Waals surface area (Å²) in [6.07, 6.45) is 3.53. The number of benzene rings is 1. The van der Waals surface area contributed by atoms with Crippen LogP contribution in [-0.2, 0) is 4.74 Å². The summed E-state index contributed by atoms with van der Waals surface area (Å²) in [7, 11) is 0. The van der Waals surface area contributed by atoms with E-state index in [1.807, 2.05) is 18.2 Å². The van der Waals surface area contributed by atoms with Crippen LogP contribution in [0.4, 0.5) is 0 Å². The van der Waals surface area contributed by atoms with Crippen LogP contribution in [0.3, 0.4) is 0 Å². The van der Waals surface area contributed by atoms with Crippen LogP contribution in [0, 0.1) is 5.41 Å². The van der Waals surface area contributed by atoms with Crippen LogP contribution in [0.2, 0.25) is 0 Å². The molecule has 0 radical (unpaired) electrons. The molecule has 1 aromatic rings. The highest BCUT2D eigenvalue weighted by molar-refractivity contribution is 7.99. The Bertz CT molecular complexity index is 459. The minimum atomic E-state index is 0.0566. The Morgan fingerprint density at radius 1 is 1.50 bits per heavy atom. The van der Waals surface area contributed by atoms with Crippen LogP contribution in [0.25, 0.3) is 0 Å². The predicted octanol–water partition coefficient (Wildman–Crippen LogP) is 3.03. The smallest absolute Gasteiger partial charge is 0.131 e. The number of amidine groups is 1. The molecule has 1 saturated heterocycles. The average molecular weight is 294 g/mol. The molecule has 2 rings (SSSR count). The largest absolute Gasteiger partial charge is 0.490 e. The molecule has 1 aromatic carbocycles. The molecule has 4 nitrogen and oxygen atoms in total. The monoisotopic (exact) mass is 294 g/mol. The second-order valence-corrected chi connectivity index (χ2v) is 6.08. The number of hydrogen-bond donors (Lipinski definition) is 2. The van der Waals surface area contributed by atoms with E-state index in [-0.39, 0.29) is 11.9 Å². The van der Waals surface area contributed by atoms with Gasteiger partial charge < -0.3 is 15.2 Å². The average Bonchev–Trinajstić information content (AvgIpc) is 2.46. The van der Waals surface area contributed by atoms with E-state index in [1.165, 1.54) is 6.42 Å². The SMILES string of the molecule is CCSc1cccc(OCC2CCCCO2)c1C(=N)N. The second kappa shape index (κ2) is 7.55. The zero-order chi connectivity index (χ0) is 14.4. The van der Waals surface area contributed by atoms with Crippen molar-refractivity contribution in [3.8, 4) is 5.75 Å². The number of ether oxygens (including phenoxy) is 2. The molecule has 0 saturated carbocycles. The summed E-state index contributed by atoms with van der Waals surface area (Å²) >= 11 is 1.67. The Labute approximate surface area is 124 Å². The van der Waals surface area contributed by atoms with Gasteiger partial charge in [0, 0.05) is 11.5 Å². The Kier molecular flexibility index (Phi) is 5.73. The molecular weight excluding hydrogens is 272 g/mol. The van der Waals surface area contributed by atoms with Gasteiger partial charge in [-0.1, -0.05) is 13.0 Å². The number of nitrogens with two attached hydrogens (primary N) is 1. The van der Waals surface area contributed by atoms with Gasteiger partial charge in [0.05, 0.1) is 11.7 Å². The summed E-state index contributed by atoms with van der Waals surface area (Å²) < 4.78 is 11.5. The number of rotatable bonds is 6. The predicted molar refractivity (Wildman–Crippen MR) is 82.9 cm³/mol. The fraction of sp³-hybridized carbons (Fsp3) is 0.533. The minimum Gasteiger partial charge on any atom is -0.490 e. The van der Waals surface area contributed by atoms with Crippen LogP contribution in [-0.4, -0.2) is 30.9 Å². The van der Waals surface area contributed by atoms with Crippen molar-refractivity contribution >= 4 is 17.6 Å². The van der Waals surface area contributed by atoms with Crippen molar-refractivity contribution < 1.29 is 9.47 Å². The molecule has 1 heterocycles. The van der Waals surface area contributed by atoms with Gasteiger partial charge in [-0.2, -0.15) is 0 Å². The van der Waals surface area contributed by atoms with Crippen molar-refractivity contribution in [3.63, 3.8) is 0 Å². The van der Waals surface area contributed by atoms with E-state index in [0.29, 0.717) is 17.9 Å². The molecule has 1 atom stereocenters. The Balaban J connectivity index is 2.09. The topological polar surface area (TPSA) is 68.3 Å². The third-order valence-electron chi connectivity index (χ3n) is 3.26. The fourth-order valence-corrected chi connectivity index (χ4v) is 3.13. The molecule has 0 bridgehead atoms. The molecule has 3 N–H and O–H groups in total. The first-order valence-electron chi connectivity index (χ1n) is 7.07. The van der Waals surface area contributed by atoms with E-state index < -0.39 is 0 Å². The van der Waals surface area contributed by atoms with Crippen LogP contribution in [0.1, 0.15) is 31.7 Å². The Morgan fingerprint density at radius 2 is 2.35 bits per heavy atom. The first-order chi connectivity index (χ1) is 9.72. The van der Waals surface area contributed by atoms with Crippen molar-refractivity contribution in [1.29, 1.82) is 5.41 Å². The first-order valence-corrected chi connectivity index (χ1v) is 8.05. The number of thioether (sulfide) groups is 1. The minimum absolute atomic E-state index is 0.0566. The maximum atomic E-state index is 7.77. The van der Waals surface area contributed by atoms with Gasteiger partial charge in [-0.3, -0.25) is 5.41 Å². The van der Waals surface area contributed by atoms with Crippen molar-refractivity contribution in [3.05, 3.63) is 23.8 Å². The Hall–Kier alpha value is -1.20. The Morgan fingerprint density at radius 3 is 3.00 bits per heavy atom. The maximum absolute atomic E-state index is 7.77.